The average molecular weight is 440 g/mol. The summed E-state index contributed by atoms with van der Waals surface area (Å²) < 4.78 is 0. The van der Waals surface area contributed by atoms with Crippen LogP contribution in [0.5, 0.6) is 0 Å². The predicted octanol–water partition coefficient (Wildman–Crippen LogP) is 3.04. The molecule has 0 aromatic rings. The monoisotopic (exact) mass is 438 g/mol. The zero-order chi connectivity index (χ0) is 14.8. The fourth-order valence-electron chi connectivity index (χ4n) is 2.50. The summed E-state index contributed by atoms with van der Waals surface area (Å²) in [5, 5.41) is 10.5. The van der Waals surface area contributed by atoms with Crippen LogP contribution in [0.15, 0.2) is 12.2 Å². The fourth-order valence-corrected chi connectivity index (χ4v) is 2.50. The molecule has 2 fully saturated rings. The van der Waals surface area contributed by atoms with Crippen molar-refractivity contribution in [3.05, 3.63) is 12.2 Å². The molecule has 0 bridgehead atoms. The van der Waals surface area contributed by atoms with Crippen LogP contribution in [0, 0.1) is 0 Å². The molecule has 2 rings (SSSR count). The lowest BCUT2D eigenvalue weighted by Gasteiger charge is -2.14. The molecule has 0 aliphatic heterocycles. The van der Waals surface area contributed by atoms with Crippen molar-refractivity contribution < 1.29 is 0 Å². The number of halogens is 4. The third-order valence-corrected chi connectivity index (χ3v) is 4.27. The topological polar surface area (TPSA) is 39.3 Å². The smallest absolute Gasteiger partial charge is 0.0135 e. The molecule has 4 nitrogen and oxygen atoms in total. The summed E-state index contributed by atoms with van der Waals surface area (Å²) in [4.78, 5) is 2.50. The Hall–Kier alpha value is 0.740. The van der Waals surface area contributed by atoms with Gasteiger partial charge in [0.2, 0.25) is 0 Å². The highest BCUT2D eigenvalue weighted by atomic mass is 35.5. The normalized spacial score (nSPS) is 15.9. The van der Waals surface area contributed by atoms with E-state index in [1.807, 2.05) is 0 Å². The summed E-state index contributed by atoms with van der Waals surface area (Å²) in [6, 6.07) is 1.75. The van der Waals surface area contributed by atoms with Crippen molar-refractivity contribution in [3.63, 3.8) is 0 Å². The van der Waals surface area contributed by atoms with Gasteiger partial charge >= 0.3 is 0 Å². The molecule has 0 radical (unpaired) electrons. The number of hydrogen-bond donors (Lipinski definition) is 3. The van der Waals surface area contributed by atoms with Crippen LogP contribution in [0.25, 0.3) is 0 Å². The Morgan fingerprint density at radius 1 is 0.800 bits per heavy atom. The summed E-state index contributed by atoms with van der Waals surface area (Å²) in [5.74, 6) is 0. The summed E-state index contributed by atoms with van der Waals surface area (Å²) in [6.45, 7) is 6.64. The van der Waals surface area contributed by atoms with E-state index in [9.17, 15) is 0 Å². The van der Waals surface area contributed by atoms with Gasteiger partial charge in [0.25, 0.3) is 0 Å². The molecular formula is C17H38Cl4N4. The number of hydrogen-bond acceptors (Lipinski definition) is 4. The van der Waals surface area contributed by atoms with Gasteiger partial charge in [-0.15, -0.1) is 49.6 Å². The lowest BCUT2D eigenvalue weighted by molar-refractivity contribution is 0.318. The quantitative estimate of drug-likeness (QED) is 0.287. The maximum absolute atomic E-state index is 3.53. The Kier molecular flexibility index (Phi) is 23.8. The highest BCUT2D eigenvalue weighted by molar-refractivity contribution is 5.86. The third-order valence-electron chi connectivity index (χ3n) is 4.27. The summed E-state index contributed by atoms with van der Waals surface area (Å²) in [6.07, 6.45) is 12.6. The van der Waals surface area contributed by atoms with Crippen molar-refractivity contribution in [2.45, 2.75) is 50.6 Å². The maximum atomic E-state index is 3.53. The molecule has 0 unspecified atom stereocenters. The van der Waals surface area contributed by atoms with Gasteiger partial charge in [-0.05, 0) is 71.8 Å². The van der Waals surface area contributed by atoms with Gasteiger partial charge in [-0.1, -0.05) is 12.2 Å². The van der Waals surface area contributed by atoms with Gasteiger partial charge in [0.15, 0.2) is 0 Å². The van der Waals surface area contributed by atoms with E-state index >= 15 is 0 Å². The van der Waals surface area contributed by atoms with Gasteiger partial charge in [-0.2, -0.15) is 0 Å². The molecular weight excluding hydrogens is 402 g/mol. The largest absolute Gasteiger partial charge is 0.314 e. The minimum Gasteiger partial charge on any atom is -0.314 e. The first kappa shape index (κ1) is 30.5. The molecule has 0 aromatic carbocycles. The van der Waals surface area contributed by atoms with E-state index in [2.05, 4.69) is 40.0 Å². The summed E-state index contributed by atoms with van der Waals surface area (Å²) in [5.41, 5.74) is 0. The van der Waals surface area contributed by atoms with E-state index in [1.165, 1.54) is 45.1 Å². The first-order chi connectivity index (χ1) is 10.4. The van der Waals surface area contributed by atoms with Crippen LogP contribution < -0.4 is 16.0 Å². The van der Waals surface area contributed by atoms with Crippen molar-refractivity contribution in [2.24, 2.45) is 0 Å². The number of nitrogens with zero attached hydrogens (tertiary/aromatic N) is 1. The fraction of sp³-hybridized carbons (Fsp3) is 0.882. The molecule has 2 aliphatic rings. The molecule has 154 valence electrons. The van der Waals surface area contributed by atoms with E-state index in [0.29, 0.717) is 0 Å². The van der Waals surface area contributed by atoms with E-state index in [0.717, 1.165) is 44.8 Å². The molecule has 0 heterocycles. The second-order valence-electron chi connectivity index (χ2n) is 6.53. The molecule has 0 spiro atoms. The molecule has 0 aromatic heterocycles. The lowest BCUT2D eigenvalue weighted by atomic mass is 10.3. The van der Waals surface area contributed by atoms with E-state index in [1.54, 1.807) is 0 Å². The van der Waals surface area contributed by atoms with Crippen molar-refractivity contribution in [3.8, 4) is 0 Å². The third kappa shape index (κ3) is 17.9. The molecule has 0 atom stereocenters. The molecule has 25 heavy (non-hydrogen) atoms. The average Bonchev–Trinajstić information content (AvgIpc) is 3.37. The standard InChI is InChI=1S/C17H34N4.4ClH/c1-21(17-8-9-17)15-5-13-19-11-3-2-10-18-12-4-14-20-16-6-7-16;;;;/h2-3,16-20H,4-15H2,1H3;4*1H. The van der Waals surface area contributed by atoms with Crippen LogP contribution >= 0.6 is 49.6 Å². The van der Waals surface area contributed by atoms with E-state index in [-0.39, 0.29) is 49.6 Å². The minimum absolute atomic E-state index is 0. The Balaban J connectivity index is -0.00000121. The lowest BCUT2D eigenvalue weighted by Crippen LogP contribution is -2.26. The summed E-state index contributed by atoms with van der Waals surface area (Å²) >= 11 is 0. The first-order valence-electron chi connectivity index (χ1n) is 8.86. The molecule has 3 N–H and O–H groups in total. The Morgan fingerprint density at radius 3 is 1.88 bits per heavy atom. The molecule has 0 amide bonds. The zero-order valence-electron chi connectivity index (χ0n) is 15.4. The van der Waals surface area contributed by atoms with E-state index < -0.39 is 0 Å². The van der Waals surface area contributed by atoms with Gasteiger partial charge in [-0.3, -0.25) is 0 Å². The van der Waals surface area contributed by atoms with Crippen LogP contribution in [0.4, 0.5) is 0 Å². The van der Waals surface area contributed by atoms with Gasteiger partial charge in [0.05, 0.1) is 0 Å². The van der Waals surface area contributed by atoms with Crippen LogP contribution in [0.2, 0.25) is 0 Å². The molecule has 8 heteroatoms. The van der Waals surface area contributed by atoms with Crippen LogP contribution in [-0.2, 0) is 0 Å². The van der Waals surface area contributed by atoms with Gasteiger partial charge in [0.1, 0.15) is 0 Å². The zero-order valence-corrected chi connectivity index (χ0v) is 18.6. The van der Waals surface area contributed by atoms with Crippen molar-refractivity contribution >= 4 is 49.6 Å². The maximum Gasteiger partial charge on any atom is 0.0135 e. The number of rotatable bonds is 14. The molecule has 2 aliphatic carbocycles. The Morgan fingerprint density at radius 2 is 1.36 bits per heavy atom. The SMILES string of the molecule is CN(CCCNCC=CCNCCCNC1CC1)C1CC1.Cl.Cl.Cl.Cl. The van der Waals surface area contributed by atoms with Crippen molar-refractivity contribution in [1.82, 2.24) is 20.9 Å². The van der Waals surface area contributed by atoms with Crippen LogP contribution in [0.1, 0.15) is 38.5 Å². The number of nitrogens with one attached hydrogen (secondary N) is 3. The van der Waals surface area contributed by atoms with Gasteiger partial charge < -0.3 is 20.9 Å². The van der Waals surface area contributed by atoms with Crippen LogP contribution in [-0.4, -0.2) is 63.3 Å². The van der Waals surface area contributed by atoms with Crippen molar-refractivity contribution in [2.75, 3.05) is 46.3 Å². The van der Waals surface area contributed by atoms with E-state index in [4.69, 9.17) is 0 Å². The van der Waals surface area contributed by atoms with Crippen LogP contribution in [0.3, 0.4) is 0 Å². The predicted molar refractivity (Wildman–Crippen MR) is 120 cm³/mol. The van der Waals surface area contributed by atoms with Gasteiger partial charge in [-0.25, -0.2) is 0 Å². The second-order valence-corrected chi connectivity index (χ2v) is 6.53. The summed E-state index contributed by atoms with van der Waals surface area (Å²) in [7, 11) is 2.25. The van der Waals surface area contributed by atoms with Gasteiger partial charge in [0, 0.05) is 25.2 Å². The Labute approximate surface area is 179 Å². The Bertz CT molecular complexity index is 300. The molecule has 2 saturated carbocycles. The first-order valence-corrected chi connectivity index (χ1v) is 8.86. The highest BCUT2D eigenvalue weighted by Gasteiger charge is 2.25. The van der Waals surface area contributed by atoms with Crippen molar-refractivity contribution in [1.29, 1.82) is 0 Å². The minimum atomic E-state index is 0. The second kappa shape index (κ2) is 19.5. The highest BCUT2D eigenvalue weighted by Crippen LogP contribution is 2.24. The molecule has 0 saturated heterocycles.